The molecule has 1 unspecified atom stereocenters. The smallest absolute Gasteiger partial charge is 0.307 e. The summed E-state index contributed by atoms with van der Waals surface area (Å²) in [6, 6.07) is 5.57. The maximum Gasteiger partial charge on any atom is 0.307 e. The van der Waals surface area contributed by atoms with Crippen LogP contribution in [0.25, 0.3) is 0 Å². The van der Waals surface area contributed by atoms with Crippen LogP contribution in [0.5, 0.6) is 5.75 Å². The first-order valence-electron chi connectivity index (χ1n) is 5.15. The van der Waals surface area contributed by atoms with Crippen molar-refractivity contribution in [2.24, 2.45) is 0 Å². The molecule has 0 saturated carbocycles. The summed E-state index contributed by atoms with van der Waals surface area (Å²) < 4.78 is 5.41. The standard InChI is InChI=1S/C11H13NO5/c1-2-9(7-11(13)14)17-10-5-3-8(4-6-10)12(15)16/h3-6,9H,2,7H2,1H3,(H,13,14). The molecule has 1 aromatic carbocycles. The molecule has 92 valence electrons. The van der Waals surface area contributed by atoms with Gasteiger partial charge in [-0.2, -0.15) is 0 Å². The van der Waals surface area contributed by atoms with Crippen LogP contribution >= 0.6 is 0 Å². The Labute approximate surface area is 98.0 Å². The van der Waals surface area contributed by atoms with Crippen molar-refractivity contribution in [1.29, 1.82) is 0 Å². The van der Waals surface area contributed by atoms with Crippen molar-refractivity contribution in [3.05, 3.63) is 34.4 Å². The van der Waals surface area contributed by atoms with Crippen LogP contribution in [-0.2, 0) is 4.79 Å². The Kier molecular flexibility index (Phi) is 4.45. The third kappa shape index (κ3) is 4.10. The fourth-order valence-electron chi connectivity index (χ4n) is 1.30. The quantitative estimate of drug-likeness (QED) is 0.607. The average Bonchev–Trinajstić information content (AvgIpc) is 2.28. The highest BCUT2D eigenvalue weighted by molar-refractivity contribution is 5.67. The number of benzene rings is 1. The zero-order chi connectivity index (χ0) is 12.8. The van der Waals surface area contributed by atoms with Crippen LogP contribution in [0.3, 0.4) is 0 Å². The number of nitrogens with zero attached hydrogens (tertiary/aromatic N) is 1. The molecule has 1 atom stereocenters. The Morgan fingerprint density at radius 2 is 2.06 bits per heavy atom. The summed E-state index contributed by atoms with van der Waals surface area (Å²) in [6.45, 7) is 1.82. The predicted molar refractivity (Wildman–Crippen MR) is 60.1 cm³/mol. The Bertz CT molecular complexity index is 401. The second-order valence-corrected chi connectivity index (χ2v) is 3.50. The lowest BCUT2D eigenvalue weighted by atomic mass is 10.2. The average molecular weight is 239 g/mol. The van der Waals surface area contributed by atoms with Crippen molar-refractivity contribution >= 4 is 11.7 Å². The molecule has 0 heterocycles. The molecular formula is C11H13NO5. The molecule has 0 aromatic heterocycles. The highest BCUT2D eigenvalue weighted by atomic mass is 16.6. The summed E-state index contributed by atoms with van der Waals surface area (Å²) in [5, 5.41) is 19.1. The lowest BCUT2D eigenvalue weighted by molar-refractivity contribution is -0.384. The highest BCUT2D eigenvalue weighted by Crippen LogP contribution is 2.19. The largest absolute Gasteiger partial charge is 0.490 e. The van der Waals surface area contributed by atoms with Crippen molar-refractivity contribution in [2.45, 2.75) is 25.9 Å². The normalized spacial score (nSPS) is 11.8. The molecule has 0 fully saturated rings. The van der Waals surface area contributed by atoms with E-state index in [-0.39, 0.29) is 12.1 Å². The first-order valence-corrected chi connectivity index (χ1v) is 5.15. The van der Waals surface area contributed by atoms with Crippen LogP contribution in [0.2, 0.25) is 0 Å². The highest BCUT2D eigenvalue weighted by Gasteiger charge is 2.13. The van der Waals surface area contributed by atoms with Gasteiger partial charge < -0.3 is 9.84 Å². The van der Waals surface area contributed by atoms with E-state index >= 15 is 0 Å². The zero-order valence-corrected chi connectivity index (χ0v) is 9.33. The molecule has 0 aliphatic heterocycles. The predicted octanol–water partition coefficient (Wildman–Crippen LogP) is 2.23. The Morgan fingerprint density at radius 3 is 2.47 bits per heavy atom. The Hall–Kier alpha value is -2.11. The van der Waals surface area contributed by atoms with E-state index in [0.29, 0.717) is 12.2 Å². The van der Waals surface area contributed by atoms with Gasteiger partial charge in [0, 0.05) is 12.1 Å². The molecule has 0 bridgehead atoms. The van der Waals surface area contributed by atoms with E-state index in [9.17, 15) is 14.9 Å². The zero-order valence-electron chi connectivity index (χ0n) is 9.33. The van der Waals surface area contributed by atoms with Gasteiger partial charge in [0.1, 0.15) is 11.9 Å². The van der Waals surface area contributed by atoms with E-state index in [1.807, 2.05) is 6.92 Å². The first-order chi connectivity index (χ1) is 8.02. The Balaban J connectivity index is 2.67. The molecule has 17 heavy (non-hydrogen) atoms. The van der Waals surface area contributed by atoms with E-state index in [2.05, 4.69) is 0 Å². The van der Waals surface area contributed by atoms with Gasteiger partial charge >= 0.3 is 5.97 Å². The van der Waals surface area contributed by atoms with Gasteiger partial charge in [-0.3, -0.25) is 14.9 Å². The fourth-order valence-corrected chi connectivity index (χ4v) is 1.30. The summed E-state index contributed by atoms with van der Waals surface area (Å²) in [7, 11) is 0. The number of non-ortho nitro benzene ring substituents is 1. The van der Waals surface area contributed by atoms with Crippen molar-refractivity contribution in [1.82, 2.24) is 0 Å². The van der Waals surface area contributed by atoms with E-state index < -0.39 is 17.0 Å². The van der Waals surface area contributed by atoms with Crippen molar-refractivity contribution in [3.63, 3.8) is 0 Å². The van der Waals surface area contributed by atoms with Crippen LogP contribution in [0.15, 0.2) is 24.3 Å². The van der Waals surface area contributed by atoms with Crippen molar-refractivity contribution in [2.75, 3.05) is 0 Å². The molecule has 0 radical (unpaired) electrons. The minimum atomic E-state index is -0.932. The second-order valence-electron chi connectivity index (χ2n) is 3.50. The van der Waals surface area contributed by atoms with Crippen LogP contribution in [-0.4, -0.2) is 22.1 Å². The minimum absolute atomic E-state index is 0.0244. The third-order valence-corrected chi connectivity index (χ3v) is 2.21. The maximum absolute atomic E-state index is 10.5. The van der Waals surface area contributed by atoms with E-state index in [0.717, 1.165) is 0 Å². The number of carboxylic acid groups (broad SMARTS) is 1. The second kappa shape index (κ2) is 5.83. The first kappa shape index (κ1) is 13.0. The van der Waals surface area contributed by atoms with Crippen LogP contribution in [0.4, 0.5) is 5.69 Å². The molecule has 0 aliphatic rings. The van der Waals surface area contributed by atoms with Gasteiger partial charge in [0.2, 0.25) is 0 Å². The molecule has 6 heteroatoms. The molecular weight excluding hydrogens is 226 g/mol. The number of rotatable bonds is 6. The monoisotopic (exact) mass is 239 g/mol. The number of aliphatic carboxylic acids is 1. The summed E-state index contributed by atoms with van der Waals surface area (Å²) in [5.41, 5.74) is -0.0244. The van der Waals surface area contributed by atoms with Gasteiger partial charge in [-0.05, 0) is 18.6 Å². The minimum Gasteiger partial charge on any atom is -0.490 e. The van der Waals surface area contributed by atoms with Crippen molar-refractivity contribution < 1.29 is 19.6 Å². The summed E-state index contributed by atoms with van der Waals surface area (Å²) in [5.74, 6) is -0.498. The SMILES string of the molecule is CCC(CC(=O)O)Oc1ccc([N+](=O)[O-])cc1. The summed E-state index contributed by atoms with van der Waals surface area (Å²) in [4.78, 5) is 20.5. The van der Waals surface area contributed by atoms with E-state index in [4.69, 9.17) is 9.84 Å². The molecule has 1 rings (SSSR count). The molecule has 1 aromatic rings. The van der Waals surface area contributed by atoms with Crippen molar-refractivity contribution in [3.8, 4) is 5.75 Å². The molecule has 6 nitrogen and oxygen atoms in total. The van der Waals surface area contributed by atoms with E-state index in [1.165, 1.54) is 24.3 Å². The number of carbonyl (C=O) groups is 1. The molecule has 0 amide bonds. The van der Waals surface area contributed by atoms with Gasteiger partial charge in [0.15, 0.2) is 0 Å². The molecule has 0 aliphatic carbocycles. The summed E-state index contributed by atoms with van der Waals surface area (Å²) in [6.07, 6.45) is 0.0468. The number of ether oxygens (including phenoxy) is 1. The Morgan fingerprint density at radius 1 is 1.47 bits per heavy atom. The number of nitro benzene ring substituents is 1. The van der Waals surface area contributed by atoms with Gasteiger partial charge in [0.25, 0.3) is 5.69 Å². The van der Waals surface area contributed by atoms with Gasteiger partial charge in [-0.25, -0.2) is 0 Å². The maximum atomic E-state index is 10.5. The van der Waals surface area contributed by atoms with E-state index in [1.54, 1.807) is 0 Å². The number of carboxylic acids is 1. The lowest BCUT2D eigenvalue weighted by Gasteiger charge is -2.15. The van der Waals surface area contributed by atoms with Gasteiger partial charge in [-0.1, -0.05) is 6.92 Å². The molecule has 1 N–H and O–H groups in total. The fraction of sp³-hybridized carbons (Fsp3) is 0.364. The van der Waals surface area contributed by atoms with Gasteiger partial charge in [-0.15, -0.1) is 0 Å². The van der Waals surface area contributed by atoms with Gasteiger partial charge in [0.05, 0.1) is 11.3 Å². The van der Waals surface area contributed by atoms with Crippen LogP contribution in [0, 0.1) is 10.1 Å². The number of hydrogen-bond donors (Lipinski definition) is 1. The van der Waals surface area contributed by atoms with Crippen LogP contribution < -0.4 is 4.74 Å². The summed E-state index contributed by atoms with van der Waals surface area (Å²) >= 11 is 0. The van der Waals surface area contributed by atoms with Crippen LogP contribution in [0.1, 0.15) is 19.8 Å². The topological polar surface area (TPSA) is 89.7 Å². The molecule has 0 spiro atoms. The molecule has 0 saturated heterocycles. The number of hydrogen-bond acceptors (Lipinski definition) is 4. The lowest BCUT2D eigenvalue weighted by Crippen LogP contribution is -2.19. The third-order valence-electron chi connectivity index (χ3n) is 2.21. The number of nitro groups is 1.